The van der Waals surface area contributed by atoms with Crippen LogP contribution in [0.1, 0.15) is 58.2 Å². The molecule has 0 aliphatic carbocycles. The van der Waals surface area contributed by atoms with Crippen molar-refractivity contribution in [2.75, 3.05) is 0 Å². The van der Waals surface area contributed by atoms with Crippen molar-refractivity contribution in [1.82, 2.24) is 4.72 Å². The lowest BCUT2D eigenvalue weighted by Crippen LogP contribution is -2.53. The van der Waals surface area contributed by atoms with Crippen LogP contribution in [0.25, 0.3) is 0 Å². The van der Waals surface area contributed by atoms with Crippen LogP contribution in [0.5, 0.6) is 11.5 Å². The molecule has 4 nitrogen and oxygen atoms in total. The van der Waals surface area contributed by atoms with E-state index in [0.717, 1.165) is 18.2 Å². The van der Waals surface area contributed by atoms with Crippen molar-refractivity contribution in [3.05, 3.63) is 95.1 Å². The number of hydrogen-bond acceptors (Lipinski definition) is 4. The third-order valence-corrected chi connectivity index (χ3v) is 13.6. The van der Waals surface area contributed by atoms with E-state index in [1.807, 2.05) is 33.9 Å². The number of alkyl halides is 4. The fourth-order valence-electron chi connectivity index (χ4n) is 4.08. The van der Waals surface area contributed by atoms with E-state index >= 15 is 8.78 Å². The highest BCUT2D eigenvalue weighted by atomic mass is 32.2. The third-order valence-electron chi connectivity index (χ3n) is 7.60. The Morgan fingerprint density at radius 1 is 0.864 bits per heavy atom. The van der Waals surface area contributed by atoms with Crippen molar-refractivity contribution in [3.63, 3.8) is 0 Å². The molecule has 0 fully saturated rings. The lowest BCUT2D eigenvalue weighted by molar-refractivity contribution is -0.253. The highest BCUT2D eigenvalue weighted by Gasteiger charge is 2.46. The van der Waals surface area contributed by atoms with E-state index in [4.69, 9.17) is 4.43 Å². The van der Waals surface area contributed by atoms with Crippen molar-refractivity contribution in [3.8, 4) is 11.5 Å². The summed E-state index contributed by atoms with van der Waals surface area (Å²) in [4.78, 5) is 0. The molecule has 2 atom stereocenters. The summed E-state index contributed by atoms with van der Waals surface area (Å²) in [6.45, 7) is 15.0. The van der Waals surface area contributed by atoms with E-state index in [1.54, 1.807) is 51.1 Å². The van der Waals surface area contributed by atoms with Gasteiger partial charge in [-0.25, -0.2) is 8.78 Å². The second-order valence-electron chi connectivity index (χ2n) is 13.2. The molecule has 0 heterocycles. The van der Waals surface area contributed by atoms with Gasteiger partial charge in [0.1, 0.15) is 27.6 Å². The summed E-state index contributed by atoms with van der Waals surface area (Å²) < 4.78 is 111. The Morgan fingerprint density at radius 2 is 1.48 bits per heavy atom. The summed E-state index contributed by atoms with van der Waals surface area (Å²) in [5.74, 6) is -2.72. The molecule has 242 valence electrons. The van der Waals surface area contributed by atoms with Gasteiger partial charge in [-0.15, -0.1) is 4.72 Å². The molecule has 3 aromatic rings. The van der Waals surface area contributed by atoms with E-state index < -0.39 is 59.9 Å². The zero-order valence-corrected chi connectivity index (χ0v) is 27.9. The number of nitrogens with one attached hydrogen (secondary N) is 1. The minimum Gasteiger partial charge on any atom is -0.598 e. The molecule has 1 unspecified atom stereocenters. The first-order chi connectivity index (χ1) is 20.1. The number of benzene rings is 3. The Balaban J connectivity index is 2.32. The van der Waals surface area contributed by atoms with E-state index in [9.17, 15) is 22.1 Å². The summed E-state index contributed by atoms with van der Waals surface area (Å²) in [5, 5.41) is -0.238. The lowest BCUT2D eigenvalue weighted by Gasteiger charge is -2.39. The molecule has 12 heteroatoms. The minimum absolute atomic E-state index is 0.00858. The summed E-state index contributed by atoms with van der Waals surface area (Å²) >= 11 is -1.89. The smallest absolute Gasteiger partial charge is 0.461 e. The maximum absolute atomic E-state index is 15.9. The van der Waals surface area contributed by atoms with Gasteiger partial charge in [0.15, 0.2) is 5.82 Å². The van der Waals surface area contributed by atoms with Crippen molar-refractivity contribution in [2.24, 2.45) is 0 Å². The van der Waals surface area contributed by atoms with Crippen LogP contribution in [-0.2, 0) is 23.3 Å². The van der Waals surface area contributed by atoms with Crippen LogP contribution in [0.4, 0.5) is 26.3 Å². The van der Waals surface area contributed by atoms with Gasteiger partial charge >= 0.3 is 12.5 Å². The summed E-state index contributed by atoms with van der Waals surface area (Å²) in [5.41, 5.74) is -1.03. The zero-order chi connectivity index (χ0) is 33.3. The SMILES string of the molecule is CC(C)(C)[S+]([O-])N[C@@](Cc1ccccc1)(c1cc(F)cc(OC(F)(F)C(F)F)c1)c1ccc(O[Si](C)(C)C(C)(C)C)c(F)c1. The largest absolute Gasteiger partial charge is 0.598 e. The molecule has 0 aromatic heterocycles. The van der Waals surface area contributed by atoms with Crippen LogP contribution < -0.4 is 13.9 Å². The molecule has 0 aliphatic rings. The highest BCUT2D eigenvalue weighted by molar-refractivity contribution is 7.90. The molecular weight excluding hydrogens is 620 g/mol. The van der Waals surface area contributed by atoms with Crippen LogP contribution in [0.3, 0.4) is 0 Å². The van der Waals surface area contributed by atoms with Crippen LogP contribution in [0.15, 0.2) is 66.7 Å². The average Bonchev–Trinajstić information content (AvgIpc) is 2.88. The summed E-state index contributed by atoms with van der Waals surface area (Å²) in [6, 6.07) is 15.3. The summed E-state index contributed by atoms with van der Waals surface area (Å²) in [6.07, 6.45) is -9.16. The number of halogens is 6. The molecule has 3 aromatic carbocycles. The molecule has 0 saturated carbocycles. The van der Waals surface area contributed by atoms with Crippen LogP contribution in [0, 0.1) is 11.6 Å². The van der Waals surface area contributed by atoms with E-state index in [0.29, 0.717) is 11.6 Å². The fourth-order valence-corrected chi connectivity index (χ4v) is 6.04. The minimum atomic E-state index is -4.91. The topological polar surface area (TPSA) is 53.5 Å². The van der Waals surface area contributed by atoms with E-state index in [1.165, 1.54) is 12.1 Å². The molecule has 0 aliphatic heterocycles. The van der Waals surface area contributed by atoms with Gasteiger partial charge in [-0.3, -0.25) is 0 Å². The van der Waals surface area contributed by atoms with Crippen LogP contribution in [0.2, 0.25) is 18.1 Å². The zero-order valence-electron chi connectivity index (χ0n) is 26.0. The van der Waals surface area contributed by atoms with Gasteiger partial charge in [0.25, 0.3) is 8.32 Å². The molecular formula is C32H39F6NO3SSi. The van der Waals surface area contributed by atoms with E-state index in [2.05, 4.69) is 9.46 Å². The van der Waals surface area contributed by atoms with Gasteiger partial charge in [-0.05, 0) is 79.9 Å². The quantitative estimate of drug-likeness (QED) is 0.127. The predicted molar refractivity (Wildman–Crippen MR) is 164 cm³/mol. The highest BCUT2D eigenvalue weighted by Crippen LogP contribution is 2.42. The molecule has 0 bridgehead atoms. The Kier molecular flexibility index (Phi) is 10.6. The molecule has 0 amide bonds. The Hall–Kier alpha value is -2.67. The maximum Gasteiger partial charge on any atom is 0.461 e. The maximum atomic E-state index is 15.9. The second-order valence-corrected chi connectivity index (χ2v) is 19.9. The van der Waals surface area contributed by atoms with E-state index in [-0.39, 0.29) is 28.3 Å². The predicted octanol–water partition coefficient (Wildman–Crippen LogP) is 9.12. The van der Waals surface area contributed by atoms with Gasteiger partial charge in [0.05, 0.1) is 0 Å². The average molecular weight is 660 g/mol. The molecule has 3 rings (SSSR count). The number of hydrogen-bond donors (Lipinski definition) is 1. The van der Waals surface area contributed by atoms with Crippen LogP contribution >= 0.6 is 0 Å². The molecule has 0 saturated heterocycles. The van der Waals surface area contributed by atoms with Gasteiger partial charge < -0.3 is 13.7 Å². The Bertz CT molecular complexity index is 1430. The van der Waals surface area contributed by atoms with Crippen molar-refractivity contribution in [1.29, 1.82) is 0 Å². The number of rotatable bonds is 11. The number of ether oxygens (including phenoxy) is 1. The second kappa shape index (κ2) is 13.0. The van der Waals surface area contributed by atoms with Gasteiger partial charge in [-0.2, -0.15) is 17.6 Å². The Labute approximate surface area is 259 Å². The van der Waals surface area contributed by atoms with Crippen molar-refractivity contribution >= 4 is 19.7 Å². The van der Waals surface area contributed by atoms with Crippen molar-refractivity contribution < 1.29 is 40.1 Å². The monoisotopic (exact) mass is 659 g/mol. The fraction of sp³-hybridized carbons (Fsp3) is 0.438. The summed E-state index contributed by atoms with van der Waals surface area (Å²) in [7, 11) is -2.47. The van der Waals surface area contributed by atoms with Gasteiger partial charge in [0, 0.05) is 23.8 Å². The first-order valence-electron chi connectivity index (χ1n) is 14.0. The molecule has 44 heavy (non-hydrogen) atoms. The molecule has 0 spiro atoms. The molecule has 1 N–H and O–H groups in total. The standard InChI is InChI=1S/C32H39F6NO3SSi/c1-29(2,3)43(40)39-31(20-21-12-10-9-11-13-21,23-16-24(33)19-25(17-23)41-32(37,38)28(35)36)22-14-15-27(26(34)18-22)42-44(7,8)30(4,5)6/h9-19,28,39H,20H2,1-8H3/t31-,43?/m1/s1. The van der Waals surface area contributed by atoms with Crippen molar-refractivity contribution in [2.45, 2.75) is 88.9 Å². The molecule has 0 radical (unpaired) electrons. The third kappa shape index (κ3) is 8.32. The van der Waals surface area contributed by atoms with Crippen LogP contribution in [-0.4, -0.2) is 30.2 Å². The first kappa shape index (κ1) is 35.8. The van der Waals surface area contributed by atoms with Gasteiger partial charge in [0.2, 0.25) is 0 Å². The first-order valence-corrected chi connectivity index (χ1v) is 18.0. The lowest BCUT2D eigenvalue weighted by atomic mass is 9.78. The normalized spacial score (nSPS) is 15.2. The Morgan fingerprint density at radius 3 is 2.00 bits per heavy atom. The van der Waals surface area contributed by atoms with Gasteiger partial charge in [-0.1, -0.05) is 57.2 Å².